The molecule has 1 atom stereocenters. The minimum atomic E-state index is -2.65. The van der Waals surface area contributed by atoms with Gasteiger partial charge in [-0.05, 0) is 30.9 Å². The highest BCUT2D eigenvalue weighted by Gasteiger charge is 2.36. The Morgan fingerprint density at radius 1 is 1.45 bits per heavy atom. The van der Waals surface area contributed by atoms with Gasteiger partial charge in [-0.1, -0.05) is 0 Å². The minimum absolute atomic E-state index is 0.0848. The quantitative estimate of drug-likeness (QED) is 0.918. The highest BCUT2D eigenvalue weighted by atomic mass is 19.3. The third-order valence-electron chi connectivity index (χ3n) is 3.40. The van der Waals surface area contributed by atoms with Crippen molar-refractivity contribution in [3.05, 3.63) is 29.6 Å². The Morgan fingerprint density at radius 3 is 2.80 bits per heavy atom. The summed E-state index contributed by atoms with van der Waals surface area (Å²) in [7, 11) is 0. The Kier molecular flexibility index (Phi) is 4.20. The number of rotatable bonds is 4. The monoisotopic (exact) mass is 288 g/mol. The van der Waals surface area contributed by atoms with Gasteiger partial charge in [0.2, 0.25) is 5.92 Å². The van der Waals surface area contributed by atoms with Crippen LogP contribution in [0.25, 0.3) is 0 Å². The molecule has 20 heavy (non-hydrogen) atoms. The molecule has 0 aliphatic heterocycles. The molecule has 1 aliphatic rings. The highest BCUT2D eigenvalue weighted by molar-refractivity contribution is 5.88. The number of carboxylic acid groups (broad SMARTS) is 1. The fraction of sp³-hybridized carbons (Fsp3) is 0.500. The van der Waals surface area contributed by atoms with Crippen molar-refractivity contribution in [1.82, 2.24) is 0 Å². The zero-order chi connectivity index (χ0) is 14.8. The maximum atomic E-state index is 13.4. The average molecular weight is 288 g/mol. The van der Waals surface area contributed by atoms with Crippen LogP contribution < -0.4 is 4.74 Å². The third-order valence-corrected chi connectivity index (χ3v) is 3.40. The molecule has 0 bridgehead atoms. The standard InChI is InChI=1S/C14H15F3O3/c15-12-6-10(3-4-11(12)13(18)19)20-8-9-2-1-5-14(16,17)7-9/h3-4,6,9H,1-2,5,7-8H2,(H,18,19). The number of alkyl halides is 2. The first-order valence-corrected chi connectivity index (χ1v) is 6.41. The van der Waals surface area contributed by atoms with Crippen LogP contribution >= 0.6 is 0 Å². The second kappa shape index (κ2) is 5.73. The van der Waals surface area contributed by atoms with Gasteiger partial charge in [0.1, 0.15) is 11.6 Å². The number of hydrogen-bond donors (Lipinski definition) is 1. The van der Waals surface area contributed by atoms with E-state index < -0.39 is 23.3 Å². The molecule has 0 radical (unpaired) electrons. The average Bonchev–Trinajstić information content (AvgIpc) is 2.35. The summed E-state index contributed by atoms with van der Waals surface area (Å²) in [4.78, 5) is 10.6. The lowest BCUT2D eigenvalue weighted by atomic mass is 9.87. The Hall–Kier alpha value is -1.72. The summed E-state index contributed by atoms with van der Waals surface area (Å²) in [5, 5.41) is 8.68. The van der Waals surface area contributed by atoms with E-state index in [1.807, 2.05) is 0 Å². The third kappa shape index (κ3) is 3.65. The molecular weight excluding hydrogens is 273 g/mol. The van der Waals surface area contributed by atoms with E-state index in [1.54, 1.807) is 0 Å². The van der Waals surface area contributed by atoms with Crippen LogP contribution in [0.2, 0.25) is 0 Å². The predicted molar refractivity (Wildman–Crippen MR) is 65.8 cm³/mol. The number of carbonyl (C=O) groups is 1. The molecule has 0 saturated heterocycles. The largest absolute Gasteiger partial charge is 0.493 e. The molecule has 3 nitrogen and oxygen atoms in total. The molecule has 1 N–H and O–H groups in total. The van der Waals surface area contributed by atoms with Crippen molar-refractivity contribution < 1.29 is 27.8 Å². The van der Waals surface area contributed by atoms with Gasteiger partial charge in [0.15, 0.2) is 0 Å². The van der Waals surface area contributed by atoms with Crippen molar-refractivity contribution in [3.8, 4) is 5.75 Å². The van der Waals surface area contributed by atoms with Crippen molar-refractivity contribution in [2.75, 3.05) is 6.61 Å². The van der Waals surface area contributed by atoms with Crippen LogP contribution in [0.5, 0.6) is 5.75 Å². The van der Waals surface area contributed by atoms with Crippen LogP contribution in [0.4, 0.5) is 13.2 Å². The molecule has 1 fully saturated rings. The van der Waals surface area contributed by atoms with Gasteiger partial charge in [-0.2, -0.15) is 0 Å². The Bertz CT molecular complexity index is 502. The molecule has 0 aromatic heterocycles. The summed E-state index contributed by atoms with van der Waals surface area (Å²) in [5.74, 6) is -5.02. The Morgan fingerprint density at radius 2 is 2.20 bits per heavy atom. The van der Waals surface area contributed by atoms with Gasteiger partial charge in [0.05, 0.1) is 12.2 Å². The van der Waals surface area contributed by atoms with E-state index in [0.717, 1.165) is 12.1 Å². The van der Waals surface area contributed by atoms with Crippen molar-refractivity contribution in [3.63, 3.8) is 0 Å². The maximum absolute atomic E-state index is 13.4. The fourth-order valence-electron chi connectivity index (χ4n) is 2.39. The van der Waals surface area contributed by atoms with Crippen molar-refractivity contribution in [1.29, 1.82) is 0 Å². The van der Waals surface area contributed by atoms with E-state index in [9.17, 15) is 18.0 Å². The number of ether oxygens (including phenoxy) is 1. The predicted octanol–water partition coefficient (Wildman–Crippen LogP) is 3.73. The molecule has 6 heteroatoms. The summed E-state index contributed by atoms with van der Waals surface area (Å²) in [6.07, 6.45) is 0.798. The molecule has 2 rings (SSSR count). The van der Waals surface area contributed by atoms with Gasteiger partial charge in [-0.15, -0.1) is 0 Å². The minimum Gasteiger partial charge on any atom is -0.493 e. The lowest BCUT2D eigenvalue weighted by molar-refractivity contribution is -0.0585. The van der Waals surface area contributed by atoms with Crippen LogP contribution in [0.3, 0.4) is 0 Å². The number of carboxylic acids is 1. The first-order chi connectivity index (χ1) is 9.37. The van der Waals surface area contributed by atoms with Gasteiger partial charge in [0, 0.05) is 18.9 Å². The second-order valence-electron chi connectivity index (χ2n) is 5.08. The molecule has 1 aromatic carbocycles. The zero-order valence-electron chi connectivity index (χ0n) is 10.7. The molecule has 1 aliphatic carbocycles. The lowest BCUT2D eigenvalue weighted by Crippen LogP contribution is -2.29. The van der Waals surface area contributed by atoms with Gasteiger partial charge in [0.25, 0.3) is 0 Å². The first kappa shape index (κ1) is 14.7. The summed E-state index contributed by atoms with van der Waals surface area (Å²) < 4.78 is 45.1. The molecular formula is C14H15F3O3. The van der Waals surface area contributed by atoms with Crippen molar-refractivity contribution in [2.45, 2.75) is 31.6 Å². The molecule has 0 heterocycles. The summed E-state index contributed by atoms with van der Waals surface area (Å²) >= 11 is 0. The van der Waals surface area contributed by atoms with Gasteiger partial charge in [-0.3, -0.25) is 0 Å². The van der Waals surface area contributed by atoms with Gasteiger partial charge in [-0.25, -0.2) is 18.0 Å². The second-order valence-corrected chi connectivity index (χ2v) is 5.08. The Labute approximate surface area is 114 Å². The van der Waals surface area contributed by atoms with Crippen LogP contribution in [-0.4, -0.2) is 23.6 Å². The number of benzene rings is 1. The maximum Gasteiger partial charge on any atom is 0.338 e. The van der Waals surface area contributed by atoms with E-state index >= 15 is 0 Å². The molecule has 0 spiro atoms. The van der Waals surface area contributed by atoms with Crippen molar-refractivity contribution >= 4 is 5.97 Å². The first-order valence-electron chi connectivity index (χ1n) is 6.41. The van der Waals surface area contributed by atoms with E-state index in [-0.39, 0.29) is 31.1 Å². The van der Waals surface area contributed by atoms with E-state index in [1.165, 1.54) is 6.07 Å². The van der Waals surface area contributed by atoms with Crippen LogP contribution in [0.1, 0.15) is 36.0 Å². The molecule has 1 saturated carbocycles. The molecule has 110 valence electrons. The Balaban J connectivity index is 1.94. The van der Waals surface area contributed by atoms with E-state index in [0.29, 0.717) is 12.8 Å². The van der Waals surface area contributed by atoms with Crippen molar-refractivity contribution in [2.24, 2.45) is 5.92 Å². The number of halogens is 3. The topological polar surface area (TPSA) is 46.5 Å². The highest BCUT2D eigenvalue weighted by Crippen LogP contribution is 2.36. The van der Waals surface area contributed by atoms with Gasteiger partial charge >= 0.3 is 5.97 Å². The molecule has 1 unspecified atom stereocenters. The summed E-state index contributed by atoms with van der Waals surface area (Å²) in [5.41, 5.74) is -0.443. The smallest absolute Gasteiger partial charge is 0.338 e. The summed E-state index contributed by atoms with van der Waals surface area (Å²) in [6.45, 7) is 0.0848. The SMILES string of the molecule is O=C(O)c1ccc(OCC2CCCC(F)(F)C2)cc1F. The molecule has 1 aromatic rings. The number of aromatic carboxylic acids is 1. The van der Waals surface area contributed by atoms with Gasteiger partial charge < -0.3 is 9.84 Å². The zero-order valence-corrected chi connectivity index (χ0v) is 10.7. The van der Waals surface area contributed by atoms with E-state index in [2.05, 4.69) is 0 Å². The normalized spacial score (nSPS) is 21.4. The lowest BCUT2D eigenvalue weighted by Gasteiger charge is -2.28. The van der Waals surface area contributed by atoms with E-state index in [4.69, 9.17) is 9.84 Å². The number of hydrogen-bond acceptors (Lipinski definition) is 2. The summed E-state index contributed by atoms with van der Waals surface area (Å²) in [6, 6.07) is 3.39. The van der Waals surface area contributed by atoms with Crippen LogP contribution in [0, 0.1) is 11.7 Å². The molecule has 0 amide bonds. The van der Waals surface area contributed by atoms with Crippen LogP contribution in [0.15, 0.2) is 18.2 Å². The van der Waals surface area contributed by atoms with Crippen LogP contribution in [-0.2, 0) is 0 Å². The fourth-order valence-corrected chi connectivity index (χ4v) is 2.39.